The van der Waals surface area contributed by atoms with Gasteiger partial charge in [0.25, 0.3) is 5.69 Å². The van der Waals surface area contributed by atoms with Gasteiger partial charge in [-0.25, -0.2) is 0 Å². The number of aliphatic hydroxyl groups is 1. The minimum atomic E-state index is -0.810. The van der Waals surface area contributed by atoms with Gasteiger partial charge in [0.05, 0.1) is 4.92 Å². The Morgan fingerprint density at radius 3 is 2.86 bits per heavy atom. The van der Waals surface area contributed by atoms with Crippen molar-refractivity contribution in [1.29, 1.82) is 0 Å². The highest BCUT2D eigenvalue weighted by Gasteiger charge is 2.22. The molecule has 1 aromatic carbocycles. The Labute approximate surface area is 128 Å². The number of hydrogen-bond acceptors (Lipinski definition) is 5. The fourth-order valence-corrected chi connectivity index (χ4v) is 2.11. The monoisotopic (exact) mass is 305 g/mol. The van der Waals surface area contributed by atoms with Gasteiger partial charge in [0.2, 0.25) is 0 Å². The molecule has 1 aliphatic rings. The summed E-state index contributed by atoms with van der Waals surface area (Å²) in [5, 5.41) is 20.7. The number of nitro groups is 1. The second-order valence-electron chi connectivity index (χ2n) is 4.85. The van der Waals surface area contributed by atoms with Gasteiger partial charge in [-0.15, -0.1) is 0 Å². The fourth-order valence-electron chi connectivity index (χ4n) is 2.11. The molecule has 0 fully saturated rings. The van der Waals surface area contributed by atoms with Crippen LogP contribution in [0.5, 0.6) is 0 Å². The van der Waals surface area contributed by atoms with Crippen LogP contribution in [-0.2, 0) is 9.47 Å². The number of nitro benzene ring substituents is 1. The van der Waals surface area contributed by atoms with Crippen LogP contribution < -0.4 is 0 Å². The normalized spacial score (nSPS) is 22.8. The number of non-ortho nitro benzene ring substituents is 1. The van der Waals surface area contributed by atoms with E-state index in [0.717, 1.165) is 5.56 Å². The standard InChI is InChI=1S/C16H19NO5/c1-2-21-16-5-3-4-15(22-16)14(18)11-8-12-6-9-13(10-7-12)17(19)20/h3-4,6-11,14-16,18H,2,5H2,1H3/b11-8+/t14-,15-,16+/m1/s1. The number of nitrogens with zero attached hydrogens (tertiary/aromatic N) is 1. The predicted molar refractivity (Wildman–Crippen MR) is 82.2 cm³/mol. The summed E-state index contributed by atoms with van der Waals surface area (Å²) in [7, 11) is 0. The van der Waals surface area contributed by atoms with Crippen LogP contribution in [0.15, 0.2) is 42.5 Å². The first-order valence-corrected chi connectivity index (χ1v) is 7.14. The molecule has 1 aromatic rings. The van der Waals surface area contributed by atoms with Crippen LogP contribution >= 0.6 is 0 Å². The maximum atomic E-state index is 10.6. The molecule has 6 nitrogen and oxygen atoms in total. The molecule has 2 rings (SSSR count). The van der Waals surface area contributed by atoms with Crippen LogP contribution in [0.4, 0.5) is 5.69 Å². The Morgan fingerprint density at radius 1 is 1.50 bits per heavy atom. The molecule has 0 amide bonds. The van der Waals surface area contributed by atoms with Crippen molar-refractivity contribution in [3.8, 4) is 0 Å². The van der Waals surface area contributed by atoms with E-state index in [-0.39, 0.29) is 12.0 Å². The molecule has 0 unspecified atom stereocenters. The fraction of sp³-hybridized carbons (Fsp3) is 0.375. The average Bonchev–Trinajstić information content (AvgIpc) is 2.53. The van der Waals surface area contributed by atoms with Crippen LogP contribution in [0.25, 0.3) is 6.08 Å². The molecule has 0 radical (unpaired) electrons. The molecule has 3 atom stereocenters. The van der Waals surface area contributed by atoms with E-state index in [1.807, 2.05) is 13.0 Å². The highest BCUT2D eigenvalue weighted by molar-refractivity contribution is 5.52. The first-order valence-electron chi connectivity index (χ1n) is 7.14. The molecule has 6 heteroatoms. The van der Waals surface area contributed by atoms with Crippen molar-refractivity contribution in [1.82, 2.24) is 0 Å². The Balaban J connectivity index is 1.95. The number of rotatable bonds is 6. The molecule has 1 N–H and O–H groups in total. The van der Waals surface area contributed by atoms with E-state index in [1.165, 1.54) is 12.1 Å². The third kappa shape index (κ3) is 4.49. The molecular formula is C16H19NO5. The summed E-state index contributed by atoms with van der Waals surface area (Å²) in [6, 6.07) is 6.10. The summed E-state index contributed by atoms with van der Waals surface area (Å²) >= 11 is 0. The van der Waals surface area contributed by atoms with Crippen LogP contribution in [0.1, 0.15) is 18.9 Å². The largest absolute Gasteiger partial charge is 0.386 e. The van der Waals surface area contributed by atoms with E-state index in [9.17, 15) is 15.2 Å². The molecule has 118 valence electrons. The summed E-state index contributed by atoms with van der Waals surface area (Å²) in [5.74, 6) is 0. The topological polar surface area (TPSA) is 81.8 Å². The van der Waals surface area contributed by atoms with E-state index in [4.69, 9.17) is 9.47 Å². The minimum Gasteiger partial charge on any atom is -0.386 e. The maximum absolute atomic E-state index is 10.6. The minimum absolute atomic E-state index is 0.0378. The Bertz CT molecular complexity index is 552. The van der Waals surface area contributed by atoms with Gasteiger partial charge in [-0.1, -0.05) is 24.3 Å². The van der Waals surface area contributed by atoms with Crippen molar-refractivity contribution in [2.24, 2.45) is 0 Å². The van der Waals surface area contributed by atoms with Gasteiger partial charge in [0, 0.05) is 25.2 Å². The van der Waals surface area contributed by atoms with Crippen molar-refractivity contribution >= 4 is 11.8 Å². The van der Waals surface area contributed by atoms with Crippen molar-refractivity contribution < 1.29 is 19.5 Å². The van der Waals surface area contributed by atoms with Gasteiger partial charge in [0.1, 0.15) is 12.2 Å². The van der Waals surface area contributed by atoms with Gasteiger partial charge in [0.15, 0.2) is 6.29 Å². The Hall–Kier alpha value is -2.02. The van der Waals surface area contributed by atoms with Crippen molar-refractivity contribution in [3.05, 3.63) is 58.2 Å². The molecule has 1 aliphatic heterocycles. The lowest BCUT2D eigenvalue weighted by molar-refractivity contribution is -0.384. The maximum Gasteiger partial charge on any atom is 0.269 e. The summed E-state index contributed by atoms with van der Waals surface area (Å²) in [6.07, 6.45) is 6.11. The summed E-state index contributed by atoms with van der Waals surface area (Å²) in [5.41, 5.74) is 0.807. The third-order valence-electron chi connectivity index (χ3n) is 3.24. The molecule has 0 bridgehead atoms. The van der Waals surface area contributed by atoms with Crippen LogP contribution in [-0.4, -0.2) is 35.1 Å². The lowest BCUT2D eigenvalue weighted by atomic mass is 10.1. The summed E-state index contributed by atoms with van der Waals surface area (Å²) < 4.78 is 11.0. The molecular weight excluding hydrogens is 286 g/mol. The van der Waals surface area contributed by atoms with E-state index in [2.05, 4.69) is 0 Å². The quantitative estimate of drug-likeness (QED) is 0.496. The molecule has 0 spiro atoms. The summed E-state index contributed by atoms with van der Waals surface area (Å²) in [6.45, 7) is 2.45. The van der Waals surface area contributed by atoms with Gasteiger partial charge < -0.3 is 14.6 Å². The van der Waals surface area contributed by atoms with Crippen LogP contribution in [0, 0.1) is 10.1 Å². The molecule has 0 saturated carbocycles. The van der Waals surface area contributed by atoms with E-state index >= 15 is 0 Å². The SMILES string of the molecule is CCO[C@@H]1CC=C[C@H]([C@H](O)/C=C/c2ccc([N+](=O)[O-])cc2)O1. The second-order valence-corrected chi connectivity index (χ2v) is 4.85. The zero-order chi connectivity index (χ0) is 15.9. The smallest absolute Gasteiger partial charge is 0.269 e. The second kappa shape index (κ2) is 7.84. The zero-order valence-electron chi connectivity index (χ0n) is 12.3. The van der Waals surface area contributed by atoms with Crippen molar-refractivity contribution in [3.63, 3.8) is 0 Å². The van der Waals surface area contributed by atoms with Crippen molar-refractivity contribution in [2.75, 3.05) is 6.61 Å². The first-order chi connectivity index (χ1) is 10.6. The lowest BCUT2D eigenvalue weighted by Crippen LogP contribution is -2.34. The molecule has 22 heavy (non-hydrogen) atoms. The zero-order valence-corrected chi connectivity index (χ0v) is 12.3. The van der Waals surface area contributed by atoms with Gasteiger partial charge in [-0.3, -0.25) is 10.1 Å². The molecule has 0 aliphatic carbocycles. The number of aliphatic hydroxyl groups excluding tert-OH is 1. The number of benzene rings is 1. The van der Waals surface area contributed by atoms with E-state index in [0.29, 0.717) is 13.0 Å². The highest BCUT2D eigenvalue weighted by Crippen LogP contribution is 2.18. The third-order valence-corrected chi connectivity index (χ3v) is 3.24. The van der Waals surface area contributed by atoms with Gasteiger partial charge in [-0.2, -0.15) is 0 Å². The van der Waals surface area contributed by atoms with Crippen molar-refractivity contribution in [2.45, 2.75) is 31.8 Å². The Kier molecular flexibility index (Phi) is 5.83. The van der Waals surface area contributed by atoms with E-state index in [1.54, 1.807) is 30.4 Å². The summed E-state index contributed by atoms with van der Waals surface area (Å²) in [4.78, 5) is 10.1. The highest BCUT2D eigenvalue weighted by atomic mass is 16.7. The molecule has 0 saturated heterocycles. The van der Waals surface area contributed by atoms with Gasteiger partial charge in [-0.05, 0) is 24.6 Å². The van der Waals surface area contributed by atoms with Gasteiger partial charge >= 0.3 is 0 Å². The lowest BCUT2D eigenvalue weighted by Gasteiger charge is -2.27. The molecule has 0 aromatic heterocycles. The number of hydrogen-bond donors (Lipinski definition) is 1. The average molecular weight is 305 g/mol. The Morgan fingerprint density at radius 2 is 2.23 bits per heavy atom. The predicted octanol–water partition coefficient (Wildman–Crippen LogP) is 2.68. The van der Waals surface area contributed by atoms with E-state index < -0.39 is 17.1 Å². The molecule has 1 heterocycles. The first kappa shape index (κ1) is 16.4. The number of ether oxygens (including phenoxy) is 2. The van der Waals surface area contributed by atoms with Crippen LogP contribution in [0.3, 0.4) is 0 Å². The van der Waals surface area contributed by atoms with Crippen LogP contribution in [0.2, 0.25) is 0 Å².